The molecule has 6 nitrogen and oxygen atoms in total. The van der Waals surface area contributed by atoms with Gasteiger partial charge in [0.2, 0.25) is 11.8 Å². The van der Waals surface area contributed by atoms with E-state index in [1.54, 1.807) is 24.3 Å². The topological polar surface area (TPSA) is 92.4 Å². The summed E-state index contributed by atoms with van der Waals surface area (Å²) in [5, 5.41) is 11.4. The highest BCUT2D eigenvalue weighted by Crippen LogP contribution is 2.24. The van der Waals surface area contributed by atoms with Crippen LogP contribution in [0, 0.1) is 19.8 Å². The minimum Gasteiger partial charge on any atom is -0.481 e. The first kappa shape index (κ1) is 14.8. The minimum atomic E-state index is -1.16. The van der Waals surface area contributed by atoms with Gasteiger partial charge in [-0.1, -0.05) is 6.07 Å². The van der Waals surface area contributed by atoms with E-state index in [1.165, 1.54) is 6.92 Å². The molecule has 1 atom stereocenters. The standard InChI is InChI=1S/C15H16N2O4/c1-8(15(19)20)13(18)17-12-6-4-5-11(7-12)14-16-9(2)10(3)21-14/h4-8H,1-3H3,(H,17,18)(H,19,20). The van der Waals surface area contributed by atoms with Crippen LogP contribution in [-0.2, 0) is 9.59 Å². The van der Waals surface area contributed by atoms with Gasteiger partial charge in [-0.05, 0) is 39.0 Å². The van der Waals surface area contributed by atoms with Crippen LogP contribution in [0.1, 0.15) is 18.4 Å². The number of nitrogens with zero attached hydrogens (tertiary/aromatic N) is 1. The van der Waals surface area contributed by atoms with Crippen molar-refractivity contribution in [3.63, 3.8) is 0 Å². The summed E-state index contributed by atoms with van der Waals surface area (Å²) in [5.74, 6) is -1.65. The molecule has 0 spiro atoms. The molecule has 2 aromatic rings. The van der Waals surface area contributed by atoms with Crippen LogP contribution in [-0.4, -0.2) is 22.0 Å². The van der Waals surface area contributed by atoms with Crippen LogP contribution in [0.3, 0.4) is 0 Å². The van der Waals surface area contributed by atoms with Crippen LogP contribution < -0.4 is 5.32 Å². The highest BCUT2D eigenvalue weighted by molar-refractivity contribution is 6.04. The van der Waals surface area contributed by atoms with Gasteiger partial charge in [-0.25, -0.2) is 4.98 Å². The second-order valence-corrected chi connectivity index (χ2v) is 4.79. The SMILES string of the molecule is Cc1nc(-c2cccc(NC(=O)C(C)C(=O)O)c2)oc1C. The quantitative estimate of drug-likeness (QED) is 0.844. The molecule has 0 fully saturated rings. The number of amides is 1. The largest absolute Gasteiger partial charge is 0.481 e. The molecule has 0 saturated carbocycles. The average molecular weight is 288 g/mol. The van der Waals surface area contributed by atoms with E-state index in [1.807, 2.05) is 13.8 Å². The van der Waals surface area contributed by atoms with Crippen LogP contribution in [0.5, 0.6) is 0 Å². The van der Waals surface area contributed by atoms with Crippen molar-refractivity contribution < 1.29 is 19.1 Å². The molecule has 1 aromatic carbocycles. The Balaban J connectivity index is 2.22. The summed E-state index contributed by atoms with van der Waals surface area (Å²) in [5.41, 5.74) is 2.02. The second-order valence-electron chi connectivity index (χ2n) is 4.79. The van der Waals surface area contributed by atoms with Crippen molar-refractivity contribution in [2.45, 2.75) is 20.8 Å². The first-order chi connectivity index (χ1) is 9.88. The number of anilines is 1. The van der Waals surface area contributed by atoms with Crippen molar-refractivity contribution in [2.24, 2.45) is 5.92 Å². The van der Waals surface area contributed by atoms with Crippen molar-refractivity contribution in [2.75, 3.05) is 5.32 Å². The monoisotopic (exact) mass is 288 g/mol. The first-order valence-electron chi connectivity index (χ1n) is 6.46. The number of nitrogens with one attached hydrogen (secondary N) is 1. The van der Waals surface area contributed by atoms with E-state index in [9.17, 15) is 9.59 Å². The molecule has 1 unspecified atom stereocenters. The van der Waals surface area contributed by atoms with Gasteiger partial charge in [-0.15, -0.1) is 0 Å². The summed E-state index contributed by atoms with van der Waals surface area (Å²) in [6.45, 7) is 5.01. The number of hydrogen-bond acceptors (Lipinski definition) is 4. The fourth-order valence-corrected chi connectivity index (χ4v) is 1.69. The molecular weight excluding hydrogens is 272 g/mol. The number of aryl methyl sites for hydroxylation is 2. The highest BCUT2D eigenvalue weighted by Gasteiger charge is 2.20. The number of aliphatic carboxylic acids is 1. The Morgan fingerprint density at radius 3 is 2.62 bits per heavy atom. The number of oxazole rings is 1. The van der Waals surface area contributed by atoms with E-state index in [-0.39, 0.29) is 0 Å². The zero-order valence-corrected chi connectivity index (χ0v) is 12.0. The lowest BCUT2D eigenvalue weighted by Crippen LogP contribution is -2.26. The van der Waals surface area contributed by atoms with Gasteiger partial charge in [-0.3, -0.25) is 9.59 Å². The van der Waals surface area contributed by atoms with Crippen LogP contribution in [0.2, 0.25) is 0 Å². The van der Waals surface area contributed by atoms with Gasteiger partial charge in [0.1, 0.15) is 11.7 Å². The van der Waals surface area contributed by atoms with Crippen LogP contribution >= 0.6 is 0 Å². The Morgan fingerprint density at radius 1 is 1.33 bits per heavy atom. The summed E-state index contributed by atoms with van der Waals surface area (Å²) < 4.78 is 5.53. The fourth-order valence-electron chi connectivity index (χ4n) is 1.69. The molecule has 2 N–H and O–H groups in total. The summed E-state index contributed by atoms with van der Waals surface area (Å²) in [6.07, 6.45) is 0. The lowest BCUT2D eigenvalue weighted by Gasteiger charge is -2.08. The summed E-state index contributed by atoms with van der Waals surface area (Å²) in [7, 11) is 0. The number of hydrogen-bond donors (Lipinski definition) is 2. The Morgan fingerprint density at radius 2 is 2.05 bits per heavy atom. The van der Waals surface area contributed by atoms with Crippen LogP contribution in [0.4, 0.5) is 5.69 Å². The van der Waals surface area contributed by atoms with E-state index in [0.717, 1.165) is 11.5 Å². The Labute approximate surface area is 121 Å². The van der Waals surface area contributed by atoms with Gasteiger partial charge in [0, 0.05) is 11.3 Å². The maximum absolute atomic E-state index is 11.7. The molecule has 0 aliphatic rings. The van der Waals surface area contributed by atoms with Crippen molar-refractivity contribution in [1.29, 1.82) is 0 Å². The van der Waals surface area contributed by atoms with Gasteiger partial charge in [-0.2, -0.15) is 0 Å². The highest BCUT2D eigenvalue weighted by atomic mass is 16.4. The number of aromatic nitrogens is 1. The maximum atomic E-state index is 11.7. The molecule has 0 aliphatic heterocycles. The molecule has 21 heavy (non-hydrogen) atoms. The zero-order valence-electron chi connectivity index (χ0n) is 12.0. The zero-order chi connectivity index (χ0) is 15.6. The first-order valence-corrected chi connectivity index (χ1v) is 6.46. The number of carboxylic acids is 1. The number of carbonyl (C=O) groups is 2. The van der Waals surface area contributed by atoms with Crippen molar-refractivity contribution in [3.05, 3.63) is 35.7 Å². The van der Waals surface area contributed by atoms with E-state index in [4.69, 9.17) is 9.52 Å². The Bertz CT molecular complexity index is 671. The van der Waals surface area contributed by atoms with Gasteiger partial charge < -0.3 is 14.8 Å². The molecule has 0 bridgehead atoms. The van der Waals surface area contributed by atoms with Gasteiger partial charge in [0.25, 0.3) is 0 Å². The molecule has 0 radical (unpaired) electrons. The van der Waals surface area contributed by atoms with E-state index >= 15 is 0 Å². The lowest BCUT2D eigenvalue weighted by molar-refractivity contribution is -0.144. The lowest BCUT2D eigenvalue weighted by atomic mass is 10.1. The van der Waals surface area contributed by atoms with Crippen LogP contribution in [0.25, 0.3) is 11.5 Å². The van der Waals surface area contributed by atoms with Crippen molar-refractivity contribution >= 4 is 17.6 Å². The summed E-state index contributed by atoms with van der Waals surface area (Å²) in [6, 6.07) is 6.92. The molecule has 1 amide bonds. The van der Waals surface area contributed by atoms with E-state index in [2.05, 4.69) is 10.3 Å². The molecule has 2 rings (SSSR count). The predicted molar refractivity (Wildman–Crippen MR) is 76.8 cm³/mol. The average Bonchev–Trinajstić information content (AvgIpc) is 2.78. The van der Waals surface area contributed by atoms with Gasteiger partial charge in [0.05, 0.1) is 5.69 Å². The Kier molecular flexibility index (Phi) is 4.07. The van der Waals surface area contributed by atoms with Crippen LogP contribution in [0.15, 0.2) is 28.7 Å². The molecule has 0 aliphatic carbocycles. The molecular formula is C15H16N2O4. The van der Waals surface area contributed by atoms with E-state index < -0.39 is 17.8 Å². The molecule has 1 aromatic heterocycles. The smallest absolute Gasteiger partial charge is 0.315 e. The fraction of sp³-hybridized carbons (Fsp3) is 0.267. The number of rotatable bonds is 4. The third-order valence-corrected chi connectivity index (χ3v) is 3.17. The number of carbonyl (C=O) groups excluding carboxylic acids is 1. The molecule has 0 saturated heterocycles. The minimum absolute atomic E-state index is 0.465. The summed E-state index contributed by atoms with van der Waals surface area (Å²) in [4.78, 5) is 26.8. The van der Waals surface area contributed by atoms with Crippen molar-refractivity contribution in [3.8, 4) is 11.5 Å². The van der Waals surface area contributed by atoms with Crippen molar-refractivity contribution in [1.82, 2.24) is 4.98 Å². The molecule has 1 heterocycles. The normalized spacial score (nSPS) is 12.0. The third-order valence-electron chi connectivity index (χ3n) is 3.17. The number of benzene rings is 1. The Hall–Kier alpha value is -2.63. The van der Waals surface area contributed by atoms with Gasteiger partial charge >= 0.3 is 5.97 Å². The maximum Gasteiger partial charge on any atom is 0.315 e. The summed E-state index contributed by atoms with van der Waals surface area (Å²) >= 11 is 0. The molecule has 6 heteroatoms. The number of carboxylic acid groups (broad SMARTS) is 1. The second kappa shape index (κ2) is 5.78. The molecule has 110 valence electrons. The van der Waals surface area contributed by atoms with Gasteiger partial charge in [0.15, 0.2) is 0 Å². The third kappa shape index (κ3) is 3.28. The predicted octanol–water partition coefficient (Wildman–Crippen LogP) is 2.62. The van der Waals surface area contributed by atoms with E-state index in [0.29, 0.717) is 17.1 Å².